The molecule has 1 aromatic carbocycles. The number of halogens is 4. The molecule has 0 amide bonds. The minimum atomic E-state index is -4.81. The molecule has 0 atom stereocenters. The first kappa shape index (κ1) is 14.3. The van der Waals surface area contributed by atoms with Crippen molar-refractivity contribution in [1.82, 2.24) is 0 Å². The van der Waals surface area contributed by atoms with E-state index in [1.807, 2.05) is 0 Å². The second-order valence-electron chi connectivity index (χ2n) is 3.24. The molecule has 0 aliphatic rings. The van der Waals surface area contributed by atoms with Gasteiger partial charge in [-0.15, -0.1) is 11.6 Å². The van der Waals surface area contributed by atoms with E-state index in [4.69, 9.17) is 16.9 Å². The van der Waals surface area contributed by atoms with Gasteiger partial charge in [0.25, 0.3) is 0 Å². The lowest BCUT2D eigenvalue weighted by atomic mass is 9.99. The number of Topliss-reactive ketones (excluding diaryl/α,β-unsaturated/α-hetero) is 1. The first-order valence-corrected chi connectivity index (χ1v) is 5.17. The molecule has 0 unspecified atom stereocenters. The zero-order valence-electron chi connectivity index (χ0n) is 9.14. The number of methoxy groups -OCH3 is 1. The number of hydrogen-bond donors (Lipinski definition) is 0. The summed E-state index contributed by atoms with van der Waals surface area (Å²) < 4.78 is 43.4. The fraction of sp³-hybridized carbons (Fsp3) is 0.273. The molecule has 0 heterocycles. The molecule has 0 spiro atoms. The van der Waals surface area contributed by atoms with Crippen LogP contribution in [0.25, 0.3) is 0 Å². The van der Waals surface area contributed by atoms with E-state index in [1.165, 1.54) is 0 Å². The summed E-state index contributed by atoms with van der Waals surface area (Å²) in [5.41, 5.74) is -2.17. The molecule has 0 bridgehead atoms. The molecule has 0 aromatic heterocycles. The monoisotopic (exact) mass is 277 g/mol. The van der Waals surface area contributed by atoms with E-state index in [-0.39, 0.29) is 5.56 Å². The largest absolute Gasteiger partial charge is 0.495 e. The molecule has 0 N–H and O–H groups in total. The zero-order valence-corrected chi connectivity index (χ0v) is 9.89. The van der Waals surface area contributed by atoms with Crippen molar-refractivity contribution in [1.29, 1.82) is 5.26 Å². The van der Waals surface area contributed by atoms with Crippen LogP contribution < -0.4 is 4.74 Å². The van der Waals surface area contributed by atoms with Gasteiger partial charge in [-0.25, -0.2) is 0 Å². The van der Waals surface area contributed by atoms with Gasteiger partial charge in [-0.1, -0.05) is 0 Å². The Morgan fingerprint density at radius 3 is 2.50 bits per heavy atom. The van der Waals surface area contributed by atoms with Gasteiger partial charge in [0, 0.05) is 5.56 Å². The Labute approximate surface area is 106 Å². The highest BCUT2D eigenvalue weighted by Gasteiger charge is 2.39. The number of alkyl halides is 4. The normalized spacial score (nSPS) is 10.9. The molecule has 0 aliphatic heterocycles. The molecule has 0 saturated carbocycles. The number of rotatable bonds is 3. The van der Waals surface area contributed by atoms with Crippen LogP contribution in [0.4, 0.5) is 13.2 Å². The average Bonchev–Trinajstić information content (AvgIpc) is 2.34. The van der Waals surface area contributed by atoms with Crippen LogP contribution in [0.5, 0.6) is 5.75 Å². The van der Waals surface area contributed by atoms with Gasteiger partial charge in [-0.3, -0.25) is 4.79 Å². The van der Waals surface area contributed by atoms with Crippen molar-refractivity contribution in [3.8, 4) is 11.8 Å². The summed E-state index contributed by atoms with van der Waals surface area (Å²) in [4.78, 5) is 11.4. The third-order valence-corrected chi connectivity index (χ3v) is 2.43. The molecule has 1 aromatic rings. The SMILES string of the molecule is COc1c(C#N)ccc(C(=O)CCl)c1C(F)(F)F. The minimum absolute atomic E-state index is 0.295. The van der Waals surface area contributed by atoms with E-state index in [2.05, 4.69) is 4.74 Å². The topological polar surface area (TPSA) is 50.1 Å². The van der Waals surface area contributed by atoms with E-state index in [0.717, 1.165) is 19.2 Å². The van der Waals surface area contributed by atoms with Crippen molar-refractivity contribution in [2.24, 2.45) is 0 Å². The van der Waals surface area contributed by atoms with Crippen molar-refractivity contribution < 1.29 is 22.7 Å². The Balaban J connectivity index is 3.67. The third kappa shape index (κ3) is 2.57. The summed E-state index contributed by atoms with van der Waals surface area (Å²) in [6.07, 6.45) is -4.81. The van der Waals surface area contributed by atoms with Crippen molar-refractivity contribution in [2.45, 2.75) is 6.18 Å². The number of hydrogen-bond acceptors (Lipinski definition) is 3. The van der Waals surface area contributed by atoms with Crippen LogP contribution in [-0.2, 0) is 6.18 Å². The van der Waals surface area contributed by atoms with E-state index in [1.54, 1.807) is 6.07 Å². The van der Waals surface area contributed by atoms with Gasteiger partial charge in [0.2, 0.25) is 0 Å². The number of nitriles is 1. The van der Waals surface area contributed by atoms with Crippen LogP contribution >= 0.6 is 11.6 Å². The zero-order chi connectivity index (χ0) is 13.9. The lowest BCUT2D eigenvalue weighted by molar-refractivity contribution is -0.139. The van der Waals surface area contributed by atoms with E-state index in [9.17, 15) is 18.0 Å². The predicted molar refractivity (Wildman–Crippen MR) is 57.8 cm³/mol. The van der Waals surface area contributed by atoms with Crippen LogP contribution in [0, 0.1) is 11.3 Å². The molecule has 96 valence electrons. The lowest BCUT2D eigenvalue weighted by Crippen LogP contribution is -2.16. The van der Waals surface area contributed by atoms with Crippen molar-refractivity contribution in [3.05, 3.63) is 28.8 Å². The van der Waals surface area contributed by atoms with E-state index in [0.29, 0.717) is 0 Å². The van der Waals surface area contributed by atoms with Gasteiger partial charge >= 0.3 is 6.18 Å². The first-order chi connectivity index (χ1) is 8.36. The number of ketones is 1. The van der Waals surface area contributed by atoms with Crippen molar-refractivity contribution >= 4 is 17.4 Å². The van der Waals surface area contributed by atoms with Crippen LogP contribution in [0.3, 0.4) is 0 Å². The number of carbonyl (C=O) groups excluding carboxylic acids is 1. The summed E-state index contributed by atoms with van der Waals surface area (Å²) in [6, 6.07) is 3.59. The van der Waals surface area contributed by atoms with Crippen molar-refractivity contribution in [3.63, 3.8) is 0 Å². The van der Waals surface area contributed by atoms with Crippen LogP contribution in [0.1, 0.15) is 21.5 Å². The molecule has 3 nitrogen and oxygen atoms in total. The fourth-order valence-corrected chi connectivity index (χ4v) is 1.61. The van der Waals surface area contributed by atoms with Gasteiger partial charge < -0.3 is 4.74 Å². The summed E-state index contributed by atoms with van der Waals surface area (Å²) in [5.74, 6) is -2.13. The summed E-state index contributed by atoms with van der Waals surface area (Å²) in [6.45, 7) is 0. The average molecular weight is 278 g/mol. The second kappa shape index (κ2) is 5.27. The lowest BCUT2D eigenvalue weighted by Gasteiger charge is -2.16. The second-order valence-corrected chi connectivity index (χ2v) is 3.50. The Morgan fingerprint density at radius 1 is 1.50 bits per heavy atom. The molecule has 18 heavy (non-hydrogen) atoms. The highest BCUT2D eigenvalue weighted by Crippen LogP contribution is 2.40. The quantitative estimate of drug-likeness (QED) is 0.630. The molecular weight excluding hydrogens is 271 g/mol. The Hall–Kier alpha value is -1.74. The van der Waals surface area contributed by atoms with Crippen LogP contribution in [-0.4, -0.2) is 18.8 Å². The molecule has 0 fully saturated rings. The highest BCUT2D eigenvalue weighted by molar-refractivity contribution is 6.30. The maximum Gasteiger partial charge on any atom is 0.420 e. The number of carbonyl (C=O) groups is 1. The predicted octanol–water partition coefficient (Wildman–Crippen LogP) is 3.01. The van der Waals surface area contributed by atoms with E-state index < -0.39 is 34.7 Å². The molecule has 7 heteroatoms. The first-order valence-electron chi connectivity index (χ1n) is 4.64. The molecule has 1 rings (SSSR count). The number of ether oxygens (including phenoxy) is 1. The fourth-order valence-electron chi connectivity index (χ4n) is 1.47. The third-order valence-electron chi connectivity index (χ3n) is 2.19. The van der Waals surface area contributed by atoms with Gasteiger partial charge in [0.05, 0.1) is 18.6 Å². The molecular formula is C11H7ClF3NO2. The van der Waals surface area contributed by atoms with E-state index >= 15 is 0 Å². The highest BCUT2D eigenvalue weighted by atomic mass is 35.5. The van der Waals surface area contributed by atoms with Gasteiger partial charge in [-0.05, 0) is 12.1 Å². The van der Waals surface area contributed by atoms with Crippen molar-refractivity contribution in [2.75, 3.05) is 13.0 Å². The Bertz CT molecular complexity index is 520. The Morgan fingerprint density at radius 2 is 2.11 bits per heavy atom. The molecule has 0 saturated heterocycles. The number of nitrogens with zero attached hydrogens (tertiary/aromatic N) is 1. The molecule has 0 radical (unpaired) electrons. The van der Waals surface area contributed by atoms with Gasteiger partial charge in [-0.2, -0.15) is 18.4 Å². The standard InChI is InChI=1S/C11H7ClF3NO2/c1-18-10-6(5-16)2-3-7(8(17)4-12)9(10)11(13,14)15/h2-3H,4H2,1H3. The minimum Gasteiger partial charge on any atom is -0.495 e. The summed E-state index contributed by atoms with van der Waals surface area (Å²) >= 11 is 5.26. The summed E-state index contributed by atoms with van der Waals surface area (Å²) in [7, 11) is 1.00. The Kier molecular flexibility index (Phi) is 4.19. The summed E-state index contributed by atoms with van der Waals surface area (Å²) in [5, 5.41) is 8.72. The maximum absolute atomic E-state index is 12.9. The van der Waals surface area contributed by atoms with Gasteiger partial charge in [0.15, 0.2) is 5.78 Å². The van der Waals surface area contributed by atoms with Crippen LogP contribution in [0.15, 0.2) is 12.1 Å². The maximum atomic E-state index is 12.9. The van der Waals surface area contributed by atoms with Gasteiger partial charge in [0.1, 0.15) is 17.4 Å². The molecule has 0 aliphatic carbocycles. The van der Waals surface area contributed by atoms with Crippen LogP contribution in [0.2, 0.25) is 0 Å². The number of benzene rings is 1. The smallest absolute Gasteiger partial charge is 0.420 e.